The monoisotopic (exact) mass is 407 g/mol. The van der Waals surface area contributed by atoms with E-state index in [1.165, 1.54) is 24.3 Å². The van der Waals surface area contributed by atoms with E-state index in [0.29, 0.717) is 7.57 Å². The zero-order chi connectivity index (χ0) is 13.3. The zero-order valence-electron chi connectivity index (χ0n) is 8.77. The fourth-order valence-electron chi connectivity index (χ4n) is 0.893. The summed E-state index contributed by atoms with van der Waals surface area (Å²) in [5.41, 5.74) is -1.48. The summed E-state index contributed by atoms with van der Waals surface area (Å²) in [4.78, 5) is 0.100. The van der Waals surface area contributed by atoms with Gasteiger partial charge in [-0.1, -0.05) is 0 Å². The average Bonchev–Trinajstić information content (AvgIpc) is 2.56. The van der Waals surface area contributed by atoms with Gasteiger partial charge in [-0.2, -0.15) is 0 Å². The van der Waals surface area contributed by atoms with Crippen molar-refractivity contribution in [3.05, 3.63) is 13.6 Å². The van der Waals surface area contributed by atoms with Crippen LogP contribution in [0.15, 0.2) is 18.5 Å². The number of thiophene rings is 1. The lowest BCUT2D eigenvalue weighted by molar-refractivity contribution is 0.00681. The molecule has 1 unspecified atom stereocenters. The van der Waals surface area contributed by atoms with E-state index in [-0.39, 0.29) is 11.4 Å². The van der Waals surface area contributed by atoms with Crippen LogP contribution in [0.25, 0.3) is 0 Å². The van der Waals surface area contributed by atoms with Crippen LogP contribution in [0.3, 0.4) is 0 Å². The van der Waals surface area contributed by atoms with Crippen LogP contribution in [0.1, 0.15) is 6.92 Å². The summed E-state index contributed by atoms with van der Waals surface area (Å²) >= 11 is 7.57. The van der Waals surface area contributed by atoms with Crippen LogP contribution in [0.2, 0.25) is 0 Å². The van der Waals surface area contributed by atoms with Crippen molar-refractivity contribution < 1.29 is 18.6 Å². The molecule has 1 heterocycles. The van der Waals surface area contributed by atoms with Gasteiger partial charge in [-0.15, -0.1) is 11.3 Å². The van der Waals surface area contributed by atoms with Gasteiger partial charge in [0.15, 0.2) is 0 Å². The van der Waals surface area contributed by atoms with E-state index in [1.54, 1.807) is 0 Å². The molecule has 0 aromatic carbocycles. The second-order valence-electron chi connectivity index (χ2n) is 3.67. The first kappa shape index (κ1) is 15.5. The molecule has 0 radical (unpaired) electrons. The van der Waals surface area contributed by atoms with E-state index >= 15 is 0 Å². The van der Waals surface area contributed by atoms with Crippen molar-refractivity contribution in [2.24, 2.45) is 0 Å². The number of hydrogen-bond donors (Lipinski definition) is 3. The van der Waals surface area contributed by atoms with Crippen molar-refractivity contribution in [2.75, 3.05) is 13.2 Å². The summed E-state index contributed by atoms with van der Waals surface area (Å²) in [5, 5.41) is 18.3. The standard InChI is InChI=1S/C8H11Br2NO4S2/c1-8(13,4-12)3-11-17(14,15)5-2-6(9)16-7(5)10/h2,11-13H,3-4H2,1H3. The predicted octanol–water partition coefficient (Wildman–Crippen LogP) is 1.29. The first-order valence-electron chi connectivity index (χ1n) is 4.46. The first-order valence-corrected chi connectivity index (χ1v) is 8.34. The van der Waals surface area contributed by atoms with Crippen LogP contribution in [0.5, 0.6) is 0 Å². The summed E-state index contributed by atoms with van der Waals surface area (Å²) in [6, 6.07) is 1.46. The van der Waals surface area contributed by atoms with Gasteiger partial charge in [-0.25, -0.2) is 13.1 Å². The third-order valence-corrected chi connectivity index (χ3v) is 6.05. The minimum absolute atomic E-state index is 0.100. The minimum Gasteiger partial charge on any atom is -0.393 e. The van der Waals surface area contributed by atoms with Crippen LogP contribution in [-0.4, -0.2) is 37.4 Å². The van der Waals surface area contributed by atoms with E-state index in [2.05, 4.69) is 36.6 Å². The van der Waals surface area contributed by atoms with Gasteiger partial charge < -0.3 is 10.2 Å². The molecule has 9 heteroatoms. The molecule has 5 nitrogen and oxygen atoms in total. The van der Waals surface area contributed by atoms with Crippen molar-refractivity contribution in [3.63, 3.8) is 0 Å². The Morgan fingerprint density at radius 1 is 1.53 bits per heavy atom. The van der Waals surface area contributed by atoms with Crippen molar-refractivity contribution in [1.82, 2.24) is 4.72 Å². The normalized spacial score (nSPS) is 15.8. The molecule has 1 rings (SSSR count). The van der Waals surface area contributed by atoms with Crippen molar-refractivity contribution in [1.29, 1.82) is 0 Å². The molecule has 0 saturated heterocycles. The zero-order valence-corrected chi connectivity index (χ0v) is 13.6. The number of rotatable bonds is 5. The molecule has 98 valence electrons. The molecule has 0 aliphatic rings. The Bertz CT molecular complexity index is 498. The molecule has 0 saturated carbocycles. The van der Waals surface area contributed by atoms with Gasteiger partial charge in [0.05, 0.1) is 19.8 Å². The van der Waals surface area contributed by atoms with E-state index in [1.807, 2.05) is 0 Å². The lowest BCUT2D eigenvalue weighted by Crippen LogP contribution is -2.43. The third kappa shape index (κ3) is 4.27. The summed E-state index contributed by atoms with van der Waals surface area (Å²) < 4.78 is 27.2. The highest BCUT2D eigenvalue weighted by Crippen LogP contribution is 2.34. The molecular formula is C8H11Br2NO4S2. The summed E-state index contributed by atoms with van der Waals surface area (Å²) in [5.74, 6) is 0. The smallest absolute Gasteiger partial charge is 0.242 e. The van der Waals surface area contributed by atoms with Gasteiger partial charge in [0.25, 0.3) is 0 Å². The van der Waals surface area contributed by atoms with Crippen LogP contribution in [-0.2, 0) is 10.0 Å². The average molecular weight is 409 g/mol. The maximum absolute atomic E-state index is 11.9. The molecule has 17 heavy (non-hydrogen) atoms. The topological polar surface area (TPSA) is 86.6 Å². The third-order valence-electron chi connectivity index (χ3n) is 1.90. The second-order valence-corrected chi connectivity index (χ2v) is 9.15. The highest BCUT2D eigenvalue weighted by molar-refractivity contribution is 9.12. The Morgan fingerprint density at radius 3 is 2.53 bits per heavy atom. The first-order chi connectivity index (χ1) is 7.68. The Balaban J connectivity index is 2.87. The van der Waals surface area contributed by atoms with Crippen LogP contribution < -0.4 is 4.72 Å². The maximum Gasteiger partial charge on any atom is 0.242 e. The fraction of sp³-hybridized carbons (Fsp3) is 0.500. The molecule has 0 amide bonds. The SMILES string of the molecule is CC(O)(CO)CNS(=O)(=O)c1cc(Br)sc1Br. The highest BCUT2D eigenvalue weighted by atomic mass is 79.9. The number of hydrogen-bond acceptors (Lipinski definition) is 5. The van der Waals surface area contributed by atoms with E-state index in [4.69, 9.17) is 5.11 Å². The van der Waals surface area contributed by atoms with E-state index in [0.717, 1.165) is 0 Å². The van der Waals surface area contributed by atoms with E-state index in [9.17, 15) is 13.5 Å². The lowest BCUT2D eigenvalue weighted by Gasteiger charge is -2.20. The molecule has 1 aromatic heterocycles. The quantitative estimate of drug-likeness (QED) is 0.685. The number of sulfonamides is 1. The van der Waals surface area contributed by atoms with Gasteiger partial charge in [0, 0.05) is 6.54 Å². The van der Waals surface area contributed by atoms with Crippen molar-refractivity contribution >= 4 is 53.2 Å². The number of halogens is 2. The Labute approximate surface area is 120 Å². The molecular weight excluding hydrogens is 398 g/mol. The summed E-state index contributed by atoms with van der Waals surface area (Å²) in [6.45, 7) is 0.559. The molecule has 0 bridgehead atoms. The largest absolute Gasteiger partial charge is 0.393 e. The minimum atomic E-state index is -3.70. The van der Waals surface area contributed by atoms with Gasteiger partial charge >= 0.3 is 0 Å². The fourth-order valence-corrected chi connectivity index (χ4v) is 5.86. The van der Waals surface area contributed by atoms with Crippen molar-refractivity contribution in [3.8, 4) is 0 Å². The maximum atomic E-state index is 11.9. The number of aliphatic hydroxyl groups excluding tert-OH is 1. The Morgan fingerprint density at radius 2 is 2.12 bits per heavy atom. The van der Waals surface area contributed by atoms with E-state index < -0.39 is 22.2 Å². The number of aliphatic hydroxyl groups is 2. The molecule has 0 aliphatic carbocycles. The van der Waals surface area contributed by atoms with Crippen LogP contribution in [0, 0.1) is 0 Å². The predicted molar refractivity (Wildman–Crippen MR) is 72.6 cm³/mol. The molecule has 0 aliphatic heterocycles. The Hall–Kier alpha value is 0.490. The molecule has 3 N–H and O–H groups in total. The molecule has 1 aromatic rings. The Kier molecular flexibility index (Phi) is 5.16. The molecule has 0 spiro atoms. The van der Waals surface area contributed by atoms with Crippen molar-refractivity contribution in [2.45, 2.75) is 17.4 Å². The van der Waals surface area contributed by atoms with Crippen LogP contribution in [0.4, 0.5) is 0 Å². The summed E-state index contributed by atoms with van der Waals surface area (Å²) in [7, 11) is -3.70. The molecule has 1 atom stereocenters. The lowest BCUT2D eigenvalue weighted by atomic mass is 10.1. The molecule has 0 fully saturated rings. The van der Waals surface area contributed by atoms with Gasteiger partial charge in [-0.3, -0.25) is 0 Å². The van der Waals surface area contributed by atoms with Gasteiger partial charge in [0.2, 0.25) is 10.0 Å². The van der Waals surface area contributed by atoms with Crippen LogP contribution >= 0.6 is 43.2 Å². The highest BCUT2D eigenvalue weighted by Gasteiger charge is 2.25. The van der Waals surface area contributed by atoms with Gasteiger partial charge in [0.1, 0.15) is 4.90 Å². The second kappa shape index (κ2) is 5.64. The number of nitrogens with one attached hydrogen (secondary N) is 1. The summed E-state index contributed by atoms with van der Waals surface area (Å²) in [6.07, 6.45) is 0. The van der Waals surface area contributed by atoms with Gasteiger partial charge in [-0.05, 0) is 44.8 Å².